The van der Waals surface area contributed by atoms with E-state index < -0.39 is 12.1 Å². The molecule has 1 amide bonds. The van der Waals surface area contributed by atoms with Gasteiger partial charge in [-0.15, -0.1) is 11.3 Å². The van der Waals surface area contributed by atoms with E-state index >= 15 is 0 Å². The van der Waals surface area contributed by atoms with Crippen LogP contribution >= 0.6 is 11.3 Å². The fourth-order valence-electron chi connectivity index (χ4n) is 2.20. The van der Waals surface area contributed by atoms with Crippen LogP contribution in [-0.4, -0.2) is 29.0 Å². The predicted octanol–water partition coefficient (Wildman–Crippen LogP) is 3.20. The molecule has 2 aromatic rings. The van der Waals surface area contributed by atoms with Crippen molar-refractivity contribution in [2.75, 3.05) is 0 Å². The van der Waals surface area contributed by atoms with Crippen LogP contribution in [0.2, 0.25) is 0 Å². The molecule has 1 aromatic carbocycles. The van der Waals surface area contributed by atoms with E-state index in [1.165, 1.54) is 16.9 Å². The Morgan fingerprint density at radius 3 is 2.67 bits per heavy atom. The smallest absolute Gasteiger partial charge is 0.358 e. The number of nitrogens with zero attached hydrogens (tertiary/aromatic N) is 1. The summed E-state index contributed by atoms with van der Waals surface area (Å²) in [7, 11) is 0. The van der Waals surface area contributed by atoms with Gasteiger partial charge < -0.3 is 10.1 Å². The van der Waals surface area contributed by atoms with E-state index in [0.717, 1.165) is 29.8 Å². The zero-order chi connectivity index (χ0) is 17.1. The van der Waals surface area contributed by atoms with Crippen LogP contribution in [-0.2, 0) is 16.0 Å². The monoisotopic (exact) mass is 344 g/mol. The molecule has 6 heteroatoms. The number of benzene rings is 1. The van der Waals surface area contributed by atoms with Gasteiger partial charge in [-0.25, -0.2) is 9.78 Å². The third-order valence-corrected chi connectivity index (χ3v) is 4.79. The first-order valence-electron chi connectivity index (χ1n) is 8.13. The molecule has 1 heterocycles. The van der Waals surface area contributed by atoms with Crippen molar-refractivity contribution in [1.29, 1.82) is 0 Å². The largest absolute Gasteiger partial charge is 0.448 e. The fraction of sp³-hybridized carbons (Fsp3) is 0.389. The molecule has 1 fully saturated rings. The van der Waals surface area contributed by atoms with Crippen molar-refractivity contribution >= 4 is 23.2 Å². The van der Waals surface area contributed by atoms with E-state index in [2.05, 4.69) is 29.4 Å². The van der Waals surface area contributed by atoms with Crippen LogP contribution in [0.3, 0.4) is 0 Å². The van der Waals surface area contributed by atoms with E-state index in [9.17, 15) is 9.59 Å². The zero-order valence-corrected chi connectivity index (χ0v) is 14.6. The van der Waals surface area contributed by atoms with E-state index in [1.54, 1.807) is 12.3 Å². The lowest BCUT2D eigenvalue weighted by Gasteiger charge is -2.12. The summed E-state index contributed by atoms with van der Waals surface area (Å²) in [5.74, 6) is -0.822. The van der Waals surface area contributed by atoms with Crippen molar-refractivity contribution in [3.05, 3.63) is 40.9 Å². The Balaban J connectivity index is 1.63. The summed E-state index contributed by atoms with van der Waals surface area (Å²) < 4.78 is 5.21. The van der Waals surface area contributed by atoms with Gasteiger partial charge in [0.05, 0.1) is 0 Å². The van der Waals surface area contributed by atoms with Crippen LogP contribution in [0.5, 0.6) is 0 Å². The number of hydrogen-bond donors (Lipinski definition) is 1. The summed E-state index contributed by atoms with van der Waals surface area (Å²) >= 11 is 1.39. The maximum absolute atomic E-state index is 12.1. The molecule has 0 saturated heterocycles. The number of thiazole rings is 1. The van der Waals surface area contributed by atoms with Gasteiger partial charge in [0.25, 0.3) is 5.91 Å². The van der Waals surface area contributed by atoms with Crippen molar-refractivity contribution in [2.45, 2.75) is 45.3 Å². The lowest BCUT2D eigenvalue weighted by molar-refractivity contribution is -0.129. The second-order valence-electron chi connectivity index (χ2n) is 5.92. The highest BCUT2D eigenvalue weighted by Gasteiger charge is 2.27. The molecule has 1 N–H and O–H groups in total. The van der Waals surface area contributed by atoms with Gasteiger partial charge in [-0.2, -0.15) is 0 Å². The third kappa shape index (κ3) is 4.00. The Bertz CT molecular complexity index is 735. The van der Waals surface area contributed by atoms with Crippen LogP contribution in [0.15, 0.2) is 29.6 Å². The quantitative estimate of drug-likeness (QED) is 0.817. The molecule has 5 nitrogen and oxygen atoms in total. The van der Waals surface area contributed by atoms with Crippen molar-refractivity contribution < 1.29 is 14.3 Å². The number of hydrogen-bond acceptors (Lipinski definition) is 5. The van der Waals surface area contributed by atoms with E-state index in [0.29, 0.717) is 0 Å². The van der Waals surface area contributed by atoms with Gasteiger partial charge in [0.1, 0.15) is 5.01 Å². The molecule has 1 aliphatic carbocycles. The second kappa shape index (κ2) is 7.13. The normalized spacial score (nSPS) is 14.9. The van der Waals surface area contributed by atoms with Gasteiger partial charge in [-0.05, 0) is 31.7 Å². The first-order chi connectivity index (χ1) is 11.6. The molecule has 1 aromatic heterocycles. The molecule has 1 aliphatic rings. The molecule has 0 aliphatic heterocycles. The summed E-state index contributed by atoms with van der Waals surface area (Å²) in [6.07, 6.45) is 2.17. The molecule has 126 valence electrons. The molecule has 1 atom stereocenters. The summed E-state index contributed by atoms with van der Waals surface area (Å²) in [5.41, 5.74) is 2.46. The van der Waals surface area contributed by atoms with E-state index in [4.69, 9.17) is 4.74 Å². The summed E-state index contributed by atoms with van der Waals surface area (Å²) in [5, 5.41) is 5.25. The summed E-state index contributed by atoms with van der Waals surface area (Å²) in [6, 6.07) is 8.35. The van der Waals surface area contributed by atoms with Crippen molar-refractivity contribution in [1.82, 2.24) is 10.3 Å². The Morgan fingerprint density at radius 2 is 2.04 bits per heavy atom. The zero-order valence-electron chi connectivity index (χ0n) is 13.7. The molecular weight excluding hydrogens is 324 g/mol. The lowest BCUT2D eigenvalue weighted by Crippen LogP contribution is -2.37. The molecule has 0 radical (unpaired) electrons. The molecular formula is C18H20N2O3S. The van der Waals surface area contributed by atoms with E-state index in [-0.39, 0.29) is 17.6 Å². The van der Waals surface area contributed by atoms with Crippen LogP contribution in [0, 0.1) is 0 Å². The lowest BCUT2D eigenvalue weighted by atomic mass is 10.1. The highest BCUT2D eigenvalue weighted by Crippen LogP contribution is 2.25. The average Bonchev–Trinajstić information content (AvgIpc) is 3.26. The third-order valence-electron chi connectivity index (χ3n) is 3.90. The molecule has 3 rings (SSSR count). The first-order valence-corrected chi connectivity index (χ1v) is 9.01. The van der Waals surface area contributed by atoms with Crippen molar-refractivity contribution in [3.8, 4) is 10.6 Å². The molecule has 1 saturated carbocycles. The Hall–Kier alpha value is -2.21. The van der Waals surface area contributed by atoms with Gasteiger partial charge in [0, 0.05) is 17.0 Å². The van der Waals surface area contributed by atoms with E-state index in [1.807, 2.05) is 12.1 Å². The maximum Gasteiger partial charge on any atom is 0.358 e. The van der Waals surface area contributed by atoms with Gasteiger partial charge >= 0.3 is 5.97 Å². The van der Waals surface area contributed by atoms with Crippen molar-refractivity contribution in [2.24, 2.45) is 0 Å². The number of aromatic nitrogens is 1. The molecule has 0 unspecified atom stereocenters. The Morgan fingerprint density at radius 1 is 1.33 bits per heavy atom. The minimum Gasteiger partial charge on any atom is -0.448 e. The van der Waals surface area contributed by atoms with Gasteiger partial charge in [-0.3, -0.25) is 4.79 Å². The van der Waals surface area contributed by atoms with Crippen LogP contribution in [0.25, 0.3) is 10.6 Å². The SMILES string of the molecule is CCc1ccc(-c2nc(C(=O)O[C@H](C)C(=O)NC3CC3)cs2)cc1. The predicted molar refractivity (Wildman–Crippen MR) is 93.0 cm³/mol. The maximum atomic E-state index is 12.1. The van der Waals surface area contributed by atoms with Gasteiger partial charge in [-0.1, -0.05) is 31.2 Å². The van der Waals surface area contributed by atoms with Gasteiger partial charge in [0.15, 0.2) is 11.8 Å². The van der Waals surface area contributed by atoms with Gasteiger partial charge in [0.2, 0.25) is 0 Å². The molecule has 0 spiro atoms. The number of ether oxygens (including phenoxy) is 1. The summed E-state index contributed by atoms with van der Waals surface area (Å²) in [4.78, 5) is 28.3. The average molecular weight is 344 g/mol. The number of carbonyl (C=O) groups is 2. The van der Waals surface area contributed by atoms with Crippen molar-refractivity contribution in [3.63, 3.8) is 0 Å². The Labute approximate surface area is 145 Å². The highest BCUT2D eigenvalue weighted by atomic mass is 32.1. The highest BCUT2D eigenvalue weighted by molar-refractivity contribution is 7.13. The Kier molecular flexibility index (Phi) is 4.94. The number of rotatable bonds is 6. The summed E-state index contributed by atoms with van der Waals surface area (Å²) in [6.45, 7) is 3.68. The second-order valence-corrected chi connectivity index (χ2v) is 6.78. The minimum atomic E-state index is -0.813. The number of nitrogens with one attached hydrogen (secondary N) is 1. The number of carbonyl (C=O) groups excluding carboxylic acids is 2. The molecule has 0 bridgehead atoms. The topological polar surface area (TPSA) is 68.3 Å². The molecule has 24 heavy (non-hydrogen) atoms. The number of amides is 1. The minimum absolute atomic E-state index is 0.237. The standard InChI is InChI=1S/C18H20N2O3S/c1-3-12-4-6-13(7-5-12)17-20-15(10-24-17)18(22)23-11(2)16(21)19-14-8-9-14/h4-7,10-11,14H,3,8-9H2,1-2H3,(H,19,21)/t11-/m1/s1. The number of esters is 1. The number of aryl methyl sites for hydroxylation is 1. The van der Waals surface area contributed by atoms with Crippen LogP contribution in [0.1, 0.15) is 42.7 Å². The van der Waals surface area contributed by atoms with Crippen LogP contribution in [0.4, 0.5) is 0 Å². The first kappa shape index (κ1) is 16.6. The fourth-order valence-corrected chi connectivity index (χ4v) is 3.00. The van der Waals surface area contributed by atoms with Crippen LogP contribution < -0.4 is 5.32 Å².